The van der Waals surface area contributed by atoms with Crippen molar-refractivity contribution >= 4 is 45.3 Å². The van der Waals surface area contributed by atoms with Crippen LogP contribution in [0, 0.1) is 11.8 Å². The van der Waals surface area contributed by atoms with E-state index in [1.54, 1.807) is 12.2 Å². The zero-order chi connectivity index (χ0) is 19.3. The van der Waals surface area contributed by atoms with Crippen LogP contribution in [0.4, 0.5) is 0 Å². The van der Waals surface area contributed by atoms with Crippen molar-refractivity contribution in [1.29, 1.82) is 0 Å². The van der Waals surface area contributed by atoms with E-state index in [1.807, 2.05) is 24.3 Å². The van der Waals surface area contributed by atoms with Gasteiger partial charge in [0.1, 0.15) is 4.75 Å². The average molecular weight is 392 g/mol. The zero-order valence-electron chi connectivity index (χ0n) is 14.4. The summed E-state index contributed by atoms with van der Waals surface area (Å²) in [7, 11) is 0. The van der Waals surface area contributed by atoms with Crippen LogP contribution in [0.3, 0.4) is 0 Å². The Bertz CT molecular complexity index is 789. The first kappa shape index (κ1) is 20.2. The molecule has 1 aromatic carbocycles. The first-order chi connectivity index (χ1) is 12.4. The molecule has 2 unspecified atom stereocenters. The van der Waals surface area contributed by atoms with Gasteiger partial charge in [0.2, 0.25) is 0 Å². The van der Waals surface area contributed by atoms with E-state index in [4.69, 9.17) is 0 Å². The Hall–Kier alpha value is -2.12. The molecular weight excluding hydrogens is 370 g/mol. The number of aliphatic carboxylic acids is 2. The van der Waals surface area contributed by atoms with Crippen LogP contribution in [-0.4, -0.2) is 31.9 Å². The van der Waals surface area contributed by atoms with Crippen LogP contribution in [0.25, 0.3) is 10.2 Å². The molecule has 0 radical (unpaired) electrons. The van der Waals surface area contributed by atoms with Crippen molar-refractivity contribution < 1.29 is 19.8 Å². The Morgan fingerprint density at radius 1 is 1.27 bits per heavy atom. The number of para-hydroxylation sites is 1. The predicted octanol–water partition coefficient (Wildman–Crippen LogP) is 4.70. The lowest BCUT2D eigenvalue weighted by atomic mass is 9.77. The van der Waals surface area contributed by atoms with Crippen LogP contribution in [0.2, 0.25) is 0 Å². The Balaban J connectivity index is 2.59. The largest absolute Gasteiger partial charge is 0.481 e. The number of aromatic nitrogens is 1. The van der Waals surface area contributed by atoms with Gasteiger partial charge in [-0.15, -0.1) is 24.5 Å². The predicted molar refractivity (Wildman–Crippen MR) is 106 cm³/mol. The molecular formula is C19H21NO4S2. The number of hydrogen-bond donors (Lipinski definition) is 2. The number of fused-ring (bicyclic) bond motifs is 1. The molecule has 5 nitrogen and oxygen atoms in total. The van der Waals surface area contributed by atoms with Gasteiger partial charge in [-0.05, 0) is 37.8 Å². The first-order valence-corrected chi connectivity index (χ1v) is 9.72. The molecule has 0 aliphatic carbocycles. The van der Waals surface area contributed by atoms with Crippen LogP contribution in [0.1, 0.15) is 19.8 Å². The van der Waals surface area contributed by atoms with Crippen LogP contribution in [-0.2, 0) is 9.59 Å². The maximum Gasteiger partial charge on any atom is 0.321 e. The lowest BCUT2D eigenvalue weighted by molar-refractivity contribution is -0.152. The van der Waals surface area contributed by atoms with E-state index in [9.17, 15) is 19.8 Å². The number of rotatable bonds is 10. The second-order valence-corrected chi connectivity index (χ2v) is 8.51. The molecule has 0 aliphatic heterocycles. The van der Waals surface area contributed by atoms with Gasteiger partial charge in [0.05, 0.1) is 16.1 Å². The summed E-state index contributed by atoms with van der Waals surface area (Å²) in [6.45, 7) is 8.85. The molecule has 1 heterocycles. The fourth-order valence-corrected chi connectivity index (χ4v) is 5.70. The Morgan fingerprint density at radius 3 is 2.38 bits per heavy atom. The Kier molecular flexibility index (Phi) is 6.61. The highest BCUT2D eigenvalue weighted by Crippen LogP contribution is 2.49. The van der Waals surface area contributed by atoms with Crippen LogP contribution >= 0.6 is 23.1 Å². The monoisotopic (exact) mass is 391 g/mol. The molecule has 2 N–H and O–H groups in total. The number of carboxylic acids is 2. The topological polar surface area (TPSA) is 87.5 Å². The normalized spacial score (nSPS) is 14.7. The van der Waals surface area contributed by atoms with Crippen molar-refractivity contribution in [2.75, 3.05) is 0 Å². The highest BCUT2D eigenvalue weighted by molar-refractivity contribution is 8.03. The average Bonchev–Trinajstić information content (AvgIpc) is 3.01. The van der Waals surface area contributed by atoms with Gasteiger partial charge in [0, 0.05) is 0 Å². The van der Waals surface area contributed by atoms with E-state index in [-0.39, 0.29) is 0 Å². The highest BCUT2D eigenvalue weighted by Gasteiger charge is 2.53. The van der Waals surface area contributed by atoms with Gasteiger partial charge in [-0.1, -0.05) is 36.0 Å². The summed E-state index contributed by atoms with van der Waals surface area (Å²) < 4.78 is -0.108. The number of thiazole rings is 1. The maximum atomic E-state index is 12.4. The summed E-state index contributed by atoms with van der Waals surface area (Å²) >= 11 is 2.39. The number of thioether (sulfide) groups is 1. The molecule has 0 saturated carbocycles. The molecule has 0 spiro atoms. The number of carboxylic acid groups (broad SMARTS) is 2. The summed E-state index contributed by atoms with van der Waals surface area (Å²) in [4.78, 5) is 28.7. The number of benzene rings is 1. The van der Waals surface area contributed by atoms with E-state index in [2.05, 4.69) is 18.1 Å². The number of carbonyl (C=O) groups is 2. The van der Waals surface area contributed by atoms with E-state index in [0.717, 1.165) is 22.0 Å². The van der Waals surface area contributed by atoms with Crippen molar-refractivity contribution in [3.05, 3.63) is 49.6 Å². The lowest BCUT2D eigenvalue weighted by Gasteiger charge is -2.38. The van der Waals surface area contributed by atoms with Crippen LogP contribution in [0.5, 0.6) is 0 Å². The molecule has 7 heteroatoms. The molecule has 0 fully saturated rings. The van der Waals surface area contributed by atoms with Gasteiger partial charge >= 0.3 is 11.9 Å². The molecule has 0 aliphatic rings. The summed E-state index contributed by atoms with van der Waals surface area (Å²) in [5, 5.41) is 19.8. The lowest BCUT2D eigenvalue weighted by Crippen LogP contribution is -2.51. The third kappa shape index (κ3) is 3.83. The molecule has 0 bridgehead atoms. The van der Waals surface area contributed by atoms with Gasteiger partial charge in [-0.25, -0.2) is 4.98 Å². The number of hydrogen-bond acceptors (Lipinski definition) is 5. The van der Waals surface area contributed by atoms with Crippen molar-refractivity contribution in [3.63, 3.8) is 0 Å². The number of nitrogens with zero attached hydrogens (tertiary/aromatic N) is 1. The molecule has 1 aromatic heterocycles. The molecule has 2 atom stereocenters. The molecule has 2 aromatic rings. The standard InChI is InChI=1S/C19H21NO4S2/c1-4-8-13(9-5-2)19(17(23)24,12(3)16(21)22)26-18-20-14-10-6-7-11-15(14)25-18/h4-7,10-13H,1-2,8-9H2,3H3,(H,21,22)(H,23,24). The van der Waals surface area contributed by atoms with Gasteiger partial charge in [0.15, 0.2) is 4.34 Å². The van der Waals surface area contributed by atoms with Gasteiger partial charge < -0.3 is 10.2 Å². The Morgan fingerprint density at radius 2 is 1.88 bits per heavy atom. The summed E-state index contributed by atoms with van der Waals surface area (Å²) in [6, 6.07) is 7.51. The van der Waals surface area contributed by atoms with Crippen molar-refractivity contribution in [2.24, 2.45) is 11.8 Å². The van der Waals surface area contributed by atoms with Gasteiger partial charge in [-0.3, -0.25) is 9.59 Å². The first-order valence-electron chi connectivity index (χ1n) is 8.09. The van der Waals surface area contributed by atoms with Crippen molar-refractivity contribution in [3.8, 4) is 0 Å². The fourth-order valence-electron chi connectivity index (χ4n) is 3.00. The van der Waals surface area contributed by atoms with Gasteiger partial charge in [-0.2, -0.15) is 0 Å². The van der Waals surface area contributed by atoms with Crippen LogP contribution in [0.15, 0.2) is 53.9 Å². The van der Waals surface area contributed by atoms with E-state index < -0.39 is 28.5 Å². The molecule has 26 heavy (non-hydrogen) atoms. The van der Waals surface area contributed by atoms with Gasteiger partial charge in [0.25, 0.3) is 0 Å². The second kappa shape index (κ2) is 8.51. The van der Waals surface area contributed by atoms with Crippen molar-refractivity contribution in [1.82, 2.24) is 4.98 Å². The zero-order valence-corrected chi connectivity index (χ0v) is 16.1. The quantitative estimate of drug-likeness (QED) is 0.451. The maximum absolute atomic E-state index is 12.4. The highest BCUT2D eigenvalue weighted by atomic mass is 32.2. The fraction of sp³-hybridized carbons (Fsp3) is 0.316. The SMILES string of the molecule is C=CCC(CC=C)C(Sc1nc2ccccc2s1)(C(=O)O)C(C)C(=O)O. The van der Waals surface area contributed by atoms with E-state index >= 15 is 0 Å². The third-order valence-electron chi connectivity index (χ3n) is 4.39. The second-order valence-electron chi connectivity index (χ2n) is 5.95. The summed E-state index contributed by atoms with van der Waals surface area (Å²) in [5.74, 6) is -3.91. The minimum atomic E-state index is -1.58. The minimum absolute atomic E-state index is 0.369. The number of allylic oxidation sites excluding steroid dienone is 2. The third-order valence-corrected chi connectivity index (χ3v) is 7.18. The molecule has 138 valence electrons. The molecule has 0 saturated heterocycles. The smallest absolute Gasteiger partial charge is 0.321 e. The Labute approximate surface area is 160 Å². The van der Waals surface area contributed by atoms with Crippen molar-refractivity contribution in [2.45, 2.75) is 28.9 Å². The molecule has 0 amide bonds. The van der Waals surface area contributed by atoms with Crippen LogP contribution < -0.4 is 0 Å². The van der Waals surface area contributed by atoms with E-state index in [1.165, 1.54) is 18.3 Å². The molecule has 2 rings (SSSR count). The summed E-state index contributed by atoms with van der Waals surface area (Å²) in [6.07, 6.45) is 3.99. The summed E-state index contributed by atoms with van der Waals surface area (Å²) in [5.41, 5.74) is 0.770. The minimum Gasteiger partial charge on any atom is -0.481 e. The van der Waals surface area contributed by atoms with E-state index in [0.29, 0.717) is 17.2 Å².